The first-order valence-corrected chi connectivity index (χ1v) is 7.46. The Morgan fingerprint density at radius 1 is 1.17 bits per heavy atom. The van der Waals surface area contributed by atoms with Gasteiger partial charge in [-0.05, 0) is 30.7 Å². The highest BCUT2D eigenvalue weighted by molar-refractivity contribution is 5.99. The fraction of sp³-hybridized carbons (Fsp3) is 0.278. The van der Waals surface area contributed by atoms with E-state index in [1.54, 1.807) is 31.4 Å². The van der Waals surface area contributed by atoms with E-state index < -0.39 is 0 Å². The Balaban J connectivity index is 0.00000288. The van der Waals surface area contributed by atoms with Crippen LogP contribution in [0.25, 0.3) is 0 Å². The molecule has 24 heavy (non-hydrogen) atoms. The number of amides is 1. The van der Waals surface area contributed by atoms with Crippen LogP contribution in [0.3, 0.4) is 0 Å². The van der Waals surface area contributed by atoms with Crippen molar-refractivity contribution in [1.82, 2.24) is 5.32 Å². The van der Waals surface area contributed by atoms with Gasteiger partial charge in [0.05, 0.1) is 12.2 Å². The van der Waals surface area contributed by atoms with Crippen molar-refractivity contribution in [1.29, 1.82) is 0 Å². The number of benzene rings is 2. The molecule has 0 aromatic heterocycles. The van der Waals surface area contributed by atoms with E-state index in [-0.39, 0.29) is 18.3 Å². The van der Waals surface area contributed by atoms with E-state index in [2.05, 4.69) is 5.32 Å². The highest BCUT2D eigenvalue weighted by atomic mass is 35.5. The summed E-state index contributed by atoms with van der Waals surface area (Å²) in [6, 6.07) is 12.9. The Morgan fingerprint density at radius 3 is 2.62 bits per heavy atom. The Kier molecular flexibility index (Phi) is 8.09. The Hall–Kier alpha value is -2.24. The fourth-order valence-electron chi connectivity index (χ4n) is 2.15. The lowest BCUT2D eigenvalue weighted by atomic mass is 10.1. The van der Waals surface area contributed by atoms with Crippen molar-refractivity contribution < 1.29 is 14.3 Å². The van der Waals surface area contributed by atoms with Gasteiger partial charge in [0.2, 0.25) is 0 Å². The van der Waals surface area contributed by atoms with Gasteiger partial charge in [0, 0.05) is 24.9 Å². The fourth-order valence-corrected chi connectivity index (χ4v) is 2.15. The molecule has 2 aromatic rings. The molecule has 0 aliphatic heterocycles. The van der Waals surface area contributed by atoms with Crippen molar-refractivity contribution in [3.63, 3.8) is 0 Å². The minimum absolute atomic E-state index is 0. The van der Waals surface area contributed by atoms with Crippen molar-refractivity contribution >= 4 is 24.0 Å². The number of ether oxygens (including phenoxy) is 2. The number of nitrogens with two attached hydrogens (primary N) is 1. The summed E-state index contributed by atoms with van der Waals surface area (Å²) in [7, 11) is 1.63. The lowest BCUT2D eigenvalue weighted by Crippen LogP contribution is -2.24. The van der Waals surface area contributed by atoms with Crippen LogP contribution in [0.1, 0.15) is 21.5 Å². The van der Waals surface area contributed by atoms with E-state index in [1.165, 1.54) is 0 Å². The van der Waals surface area contributed by atoms with Crippen LogP contribution in [-0.4, -0.2) is 26.2 Å². The highest BCUT2D eigenvalue weighted by Gasteiger charge is 2.10. The number of carbonyl (C=O) groups is 1. The monoisotopic (exact) mass is 350 g/mol. The van der Waals surface area contributed by atoms with Crippen LogP contribution in [0.4, 0.5) is 5.69 Å². The summed E-state index contributed by atoms with van der Waals surface area (Å²) in [5, 5.41) is 2.88. The van der Waals surface area contributed by atoms with E-state index in [4.69, 9.17) is 15.2 Å². The number of anilines is 1. The van der Waals surface area contributed by atoms with Gasteiger partial charge in [-0.2, -0.15) is 0 Å². The van der Waals surface area contributed by atoms with Gasteiger partial charge >= 0.3 is 0 Å². The molecule has 0 saturated heterocycles. The second-order valence-corrected chi connectivity index (χ2v) is 5.22. The molecule has 0 bridgehead atoms. The van der Waals surface area contributed by atoms with Crippen LogP contribution < -0.4 is 15.8 Å². The molecule has 5 nitrogen and oxygen atoms in total. The average Bonchev–Trinajstić information content (AvgIpc) is 2.54. The Bertz CT molecular complexity index is 677. The highest BCUT2D eigenvalue weighted by Crippen LogP contribution is 2.20. The summed E-state index contributed by atoms with van der Waals surface area (Å²) in [5.74, 6) is 0.551. The van der Waals surface area contributed by atoms with Crippen LogP contribution in [0.15, 0.2) is 42.5 Å². The molecule has 0 radical (unpaired) electrons. The maximum absolute atomic E-state index is 12.2. The number of para-hydroxylation sites is 1. The lowest BCUT2D eigenvalue weighted by Gasteiger charge is -2.13. The molecule has 1 amide bonds. The molecular weight excluding hydrogens is 328 g/mol. The van der Waals surface area contributed by atoms with Crippen molar-refractivity contribution in [2.75, 3.05) is 26.1 Å². The second kappa shape index (κ2) is 9.80. The summed E-state index contributed by atoms with van der Waals surface area (Å²) in [6.45, 7) is 3.35. The average molecular weight is 351 g/mol. The molecule has 0 spiro atoms. The molecule has 130 valence electrons. The first kappa shape index (κ1) is 19.8. The van der Waals surface area contributed by atoms with Gasteiger partial charge in [-0.15, -0.1) is 12.4 Å². The third-order valence-corrected chi connectivity index (χ3v) is 3.41. The van der Waals surface area contributed by atoms with Crippen LogP contribution >= 0.6 is 12.4 Å². The quantitative estimate of drug-likeness (QED) is 0.594. The standard InChI is InChI=1S/C18H22N2O3.ClH/c1-13-7-8-14(17(11-13)23-10-9-22-2)12-20-18(21)15-5-3-4-6-16(15)19;/h3-8,11H,9-10,12,19H2,1-2H3,(H,20,21);1H. The number of nitrogens with one attached hydrogen (secondary N) is 1. The van der Waals surface area contributed by atoms with Crippen LogP contribution in [0.2, 0.25) is 0 Å². The van der Waals surface area contributed by atoms with Crippen molar-refractivity contribution in [3.8, 4) is 5.75 Å². The SMILES string of the molecule is COCCOc1cc(C)ccc1CNC(=O)c1ccccc1N.Cl. The summed E-state index contributed by atoms with van der Waals surface area (Å²) >= 11 is 0. The van der Waals surface area contributed by atoms with E-state index in [0.29, 0.717) is 31.0 Å². The van der Waals surface area contributed by atoms with Gasteiger partial charge in [0.1, 0.15) is 12.4 Å². The molecule has 3 N–H and O–H groups in total. The van der Waals surface area contributed by atoms with Crippen LogP contribution in [0, 0.1) is 6.92 Å². The molecular formula is C18H23ClN2O3. The van der Waals surface area contributed by atoms with Gasteiger partial charge in [-0.3, -0.25) is 4.79 Å². The molecule has 2 rings (SSSR count). The van der Waals surface area contributed by atoms with Crippen LogP contribution in [-0.2, 0) is 11.3 Å². The number of carbonyl (C=O) groups excluding carboxylic acids is 1. The lowest BCUT2D eigenvalue weighted by molar-refractivity contribution is 0.0951. The van der Waals surface area contributed by atoms with Gasteiger partial charge in [0.25, 0.3) is 5.91 Å². The largest absolute Gasteiger partial charge is 0.491 e. The van der Waals surface area contributed by atoms with Gasteiger partial charge in [-0.1, -0.05) is 24.3 Å². The molecule has 0 aliphatic rings. The smallest absolute Gasteiger partial charge is 0.253 e. The molecule has 0 unspecified atom stereocenters. The number of hydrogen-bond donors (Lipinski definition) is 2. The minimum atomic E-state index is -0.202. The molecule has 0 fully saturated rings. The number of halogens is 1. The van der Waals surface area contributed by atoms with E-state index in [1.807, 2.05) is 25.1 Å². The van der Waals surface area contributed by atoms with E-state index >= 15 is 0 Å². The molecule has 6 heteroatoms. The van der Waals surface area contributed by atoms with Gasteiger partial charge in [0.15, 0.2) is 0 Å². The predicted octanol–water partition coefficient (Wildman–Crippen LogP) is 2.95. The van der Waals surface area contributed by atoms with Crippen molar-refractivity contribution in [3.05, 3.63) is 59.2 Å². The topological polar surface area (TPSA) is 73.6 Å². The zero-order valence-corrected chi connectivity index (χ0v) is 14.7. The van der Waals surface area contributed by atoms with Crippen molar-refractivity contribution in [2.45, 2.75) is 13.5 Å². The molecule has 0 saturated carbocycles. The maximum Gasteiger partial charge on any atom is 0.253 e. The van der Waals surface area contributed by atoms with Gasteiger partial charge < -0.3 is 20.5 Å². The Morgan fingerprint density at radius 2 is 1.92 bits per heavy atom. The second-order valence-electron chi connectivity index (χ2n) is 5.22. The van der Waals surface area contributed by atoms with Crippen LogP contribution in [0.5, 0.6) is 5.75 Å². The zero-order chi connectivity index (χ0) is 16.7. The van der Waals surface area contributed by atoms with Gasteiger partial charge in [-0.25, -0.2) is 0 Å². The maximum atomic E-state index is 12.2. The predicted molar refractivity (Wildman–Crippen MR) is 97.8 cm³/mol. The zero-order valence-electron chi connectivity index (χ0n) is 13.9. The number of hydrogen-bond acceptors (Lipinski definition) is 4. The third-order valence-electron chi connectivity index (χ3n) is 3.41. The molecule has 0 aliphatic carbocycles. The summed E-state index contributed by atoms with van der Waals surface area (Å²) < 4.78 is 10.7. The van der Waals surface area contributed by atoms with E-state index in [9.17, 15) is 4.79 Å². The first-order valence-electron chi connectivity index (χ1n) is 7.46. The normalized spacial score (nSPS) is 9.92. The van der Waals surface area contributed by atoms with E-state index in [0.717, 1.165) is 16.9 Å². The third kappa shape index (κ3) is 5.44. The Labute approximate surface area is 148 Å². The minimum Gasteiger partial charge on any atom is -0.491 e. The summed E-state index contributed by atoms with van der Waals surface area (Å²) in [4.78, 5) is 12.2. The molecule has 0 atom stereocenters. The first-order chi connectivity index (χ1) is 11.1. The number of rotatable bonds is 7. The number of methoxy groups -OCH3 is 1. The summed E-state index contributed by atoms with van der Waals surface area (Å²) in [6.07, 6.45) is 0. The number of aryl methyl sites for hydroxylation is 1. The van der Waals surface area contributed by atoms with Crippen molar-refractivity contribution in [2.24, 2.45) is 0 Å². The summed E-state index contributed by atoms with van der Waals surface area (Å²) in [5.41, 5.74) is 8.77. The number of nitrogen functional groups attached to an aromatic ring is 1. The molecule has 2 aromatic carbocycles. The molecule has 0 heterocycles.